The number of carbonyl (C=O) groups excluding carboxylic acids is 1. The summed E-state index contributed by atoms with van der Waals surface area (Å²) in [6.07, 6.45) is 7.28. The van der Waals surface area contributed by atoms with Crippen LogP contribution in [0.3, 0.4) is 0 Å². The Morgan fingerprint density at radius 1 is 1.04 bits per heavy atom. The van der Waals surface area contributed by atoms with E-state index in [1.165, 1.54) is 0 Å². The van der Waals surface area contributed by atoms with Crippen molar-refractivity contribution in [2.24, 2.45) is 0 Å². The van der Waals surface area contributed by atoms with Gasteiger partial charge in [0.1, 0.15) is 0 Å². The summed E-state index contributed by atoms with van der Waals surface area (Å²) < 4.78 is 1.97. The number of nitrogens with zero attached hydrogens (tertiary/aromatic N) is 7. The van der Waals surface area contributed by atoms with E-state index in [2.05, 4.69) is 24.9 Å². The largest absolute Gasteiger partial charge is 0.338 e. The fourth-order valence-electron chi connectivity index (χ4n) is 3.24. The van der Waals surface area contributed by atoms with Crippen molar-refractivity contribution in [2.45, 2.75) is 6.04 Å². The van der Waals surface area contributed by atoms with E-state index < -0.39 is 0 Å². The van der Waals surface area contributed by atoms with E-state index >= 15 is 0 Å². The Morgan fingerprint density at radius 3 is 2.46 bits per heavy atom. The molecule has 0 radical (unpaired) electrons. The Bertz CT molecular complexity index is 661. The SMILES string of the molecule is O=C(CN1CC(n2cccn2)C1)N1CCN(c2ncccn2)CC1. The van der Waals surface area contributed by atoms with Gasteiger partial charge in [-0.2, -0.15) is 5.10 Å². The van der Waals surface area contributed by atoms with Gasteiger partial charge in [-0.25, -0.2) is 9.97 Å². The molecule has 0 unspecified atom stereocenters. The Morgan fingerprint density at radius 2 is 1.79 bits per heavy atom. The van der Waals surface area contributed by atoms with Crippen molar-refractivity contribution in [1.29, 1.82) is 0 Å². The Balaban J connectivity index is 1.23. The molecule has 2 aliphatic rings. The molecule has 2 saturated heterocycles. The third kappa shape index (κ3) is 3.09. The molecule has 8 heteroatoms. The maximum absolute atomic E-state index is 12.4. The first-order valence-electron chi connectivity index (χ1n) is 8.31. The van der Waals surface area contributed by atoms with Crippen LogP contribution in [0.5, 0.6) is 0 Å². The van der Waals surface area contributed by atoms with Crippen LogP contribution in [-0.4, -0.2) is 81.3 Å². The molecule has 0 N–H and O–H groups in total. The summed E-state index contributed by atoms with van der Waals surface area (Å²) in [7, 11) is 0. The molecule has 0 atom stereocenters. The van der Waals surface area contributed by atoms with Gasteiger partial charge in [0.25, 0.3) is 0 Å². The highest BCUT2D eigenvalue weighted by Gasteiger charge is 2.31. The number of amides is 1. The van der Waals surface area contributed by atoms with Crippen molar-refractivity contribution in [3.63, 3.8) is 0 Å². The molecule has 8 nitrogen and oxygen atoms in total. The molecular formula is C16H21N7O. The average Bonchev–Trinajstić information content (AvgIpc) is 3.12. The fraction of sp³-hybridized carbons (Fsp3) is 0.500. The summed E-state index contributed by atoms with van der Waals surface area (Å²) in [5, 5.41) is 4.26. The minimum absolute atomic E-state index is 0.211. The maximum Gasteiger partial charge on any atom is 0.236 e. The van der Waals surface area contributed by atoms with Gasteiger partial charge >= 0.3 is 0 Å². The molecule has 0 aliphatic carbocycles. The smallest absolute Gasteiger partial charge is 0.236 e. The van der Waals surface area contributed by atoms with Crippen LogP contribution in [0.1, 0.15) is 6.04 Å². The van der Waals surface area contributed by atoms with Crippen molar-refractivity contribution in [1.82, 2.24) is 29.5 Å². The predicted octanol–water partition coefficient (Wildman–Crippen LogP) is -0.121. The lowest BCUT2D eigenvalue weighted by molar-refractivity contribution is -0.134. The number of likely N-dealkylation sites (tertiary alicyclic amines) is 1. The van der Waals surface area contributed by atoms with E-state index in [4.69, 9.17) is 0 Å². The minimum Gasteiger partial charge on any atom is -0.338 e. The molecule has 2 fully saturated rings. The molecule has 4 rings (SSSR count). The van der Waals surface area contributed by atoms with Crippen molar-refractivity contribution >= 4 is 11.9 Å². The van der Waals surface area contributed by atoms with E-state index in [1.54, 1.807) is 18.6 Å². The Labute approximate surface area is 140 Å². The van der Waals surface area contributed by atoms with Crippen LogP contribution < -0.4 is 4.90 Å². The molecule has 0 saturated carbocycles. The molecule has 0 spiro atoms. The van der Waals surface area contributed by atoms with Crippen molar-refractivity contribution in [3.05, 3.63) is 36.9 Å². The highest BCUT2D eigenvalue weighted by atomic mass is 16.2. The summed E-state index contributed by atoms with van der Waals surface area (Å²) >= 11 is 0. The molecular weight excluding hydrogens is 306 g/mol. The zero-order valence-corrected chi connectivity index (χ0v) is 13.5. The second-order valence-electron chi connectivity index (χ2n) is 6.25. The van der Waals surface area contributed by atoms with Crippen LogP contribution in [0.15, 0.2) is 36.9 Å². The molecule has 126 valence electrons. The lowest BCUT2D eigenvalue weighted by Crippen LogP contribution is -2.55. The third-order valence-corrected chi connectivity index (χ3v) is 4.66. The van der Waals surface area contributed by atoms with Crippen LogP contribution in [0, 0.1) is 0 Å². The first kappa shape index (κ1) is 15.1. The summed E-state index contributed by atoms with van der Waals surface area (Å²) in [4.78, 5) is 27.2. The van der Waals surface area contributed by atoms with Crippen molar-refractivity contribution < 1.29 is 4.79 Å². The van der Waals surface area contributed by atoms with Gasteiger partial charge in [0.15, 0.2) is 0 Å². The van der Waals surface area contributed by atoms with E-state index in [0.717, 1.165) is 45.2 Å². The monoisotopic (exact) mass is 327 g/mol. The van der Waals surface area contributed by atoms with Crippen molar-refractivity contribution in [3.8, 4) is 0 Å². The first-order chi connectivity index (χ1) is 11.8. The molecule has 1 amide bonds. The highest BCUT2D eigenvalue weighted by molar-refractivity contribution is 5.78. The lowest BCUT2D eigenvalue weighted by atomic mass is 10.1. The summed E-state index contributed by atoms with van der Waals surface area (Å²) in [5.74, 6) is 0.956. The molecule has 0 bridgehead atoms. The van der Waals surface area contributed by atoms with Gasteiger partial charge in [0.05, 0.1) is 12.6 Å². The lowest BCUT2D eigenvalue weighted by Gasteiger charge is -2.41. The fourth-order valence-corrected chi connectivity index (χ4v) is 3.24. The number of hydrogen-bond donors (Lipinski definition) is 0. The summed E-state index contributed by atoms with van der Waals surface area (Å²) in [5.41, 5.74) is 0. The highest BCUT2D eigenvalue weighted by Crippen LogP contribution is 2.20. The quantitative estimate of drug-likeness (QED) is 0.780. The maximum atomic E-state index is 12.4. The van der Waals surface area contributed by atoms with Crippen LogP contribution in [0.4, 0.5) is 5.95 Å². The molecule has 4 heterocycles. The topological polar surface area (TPSA) is 70.4 Å². The van der Waals surface area contributed by atoms with Gasteiger partial charge in [0.2, 0.25) is 11.9 Å². The number of hydrogen-bond acceptors (Lipinski definition) is 6. The molecule has 2 aromatic rings. The molecule has 2 aromatic heterocycles. The first-order valence-corrected chi connectivity index (χ1v) is 8.31. The van der Waals surface area contributed by atoms with Crippen molar-refractivity contribution in [2.75, 3.05) is 50.7 Å². The zero-order chi connectivity index (χ0) is 16.4. The average molecular weight is 327 g/mol. The number of anilines is 1. The van der Waals surface area contributed by atoms with Crippen LogP contribution >= 0.6 is 0 Å². The van der Waals surface area contributed by atoms with Crippen LogP contribution in [-0.2, 0) is 4.79 Å². The van der Waals surface area contributed by atoms with Gasteiger partial charge in [-0.15, -0.1) is 0 Å². The zero-order valence-electron chi connectivity index (χ0n) is 13.5. The third-order valence-electron chi connectivity index (χ3n) is 4.66. The van der Waals surface area contributed by atoms with Gasteiger partial charge in [0, 0.05) is 64.1 Å². The number of aromatic nitrogens is 4. The standard InChI is InChI=1S/C16H21N7O/c24-15(13-20-11-14(12-20)23-6-2-5-19-23)21-7-9-22(10-8-21)16-17-3-1-4-18-16/h1-6,14H,7-13H2. The van der Waals surface area contributed by atoms with Crippen LogP contribution in [0.2, 0.25) is 0 Å². The van der Waals surface area contributed by atoms with Gasteiger partial charge < -0.3 is 9.80 Å². The molecule has 24 heavy (non-hydrogen) atoms. The normalized spacial score (nSPS) is 19.3. The number of carbonyl (C=O) groups is 1. The summed E-state index contributed by atoms with van der Waals surface area (Å²) in [6.45, 7) is 5.31. The Hall–Kier alpha value is -2.48. The molecule has 2 aliphatic heterocycles. The van der Waals surface area contributed by atoms with E-state index in [0.29, 0.717) is 12.6 Å². The van der Waals surface area contributed by atoms with Crippen LogP contribution in [0.25, 0.3) is 0 Å². The van der Waals surface area contributed by atoms with E-state index in [1.807, 2.05) is 27.9 Å². The van der Waals surface area contributed by atoms with E-state index in [9.17, 15) is 4.79 Å². The van der Waals surface area contributed by atoms with Gasteiger partial charge in [-0.05, 0) is 12.1 Å². The number of piperazine rings is 1. The summed E-state index contributed by atoms with van der Waals surface area (Å²) in [6, 6.07) is 4.15. The van der Waals surface area contributed by atoms with Gasteiger partial charge in [-0.3, -0.25) is 14.4 Å². The Kier molecular flexibility index (Phi) is 4.12. The minimum atomic E-state index is 0.211. The second kappa shape index (κ2) is 6.56. The predicted molar refractivity (Wildman–Crippen MR) is 88.5 cm³/mol. The van der Waals surface area contributed by atoms with E-state index in [-0.39, 0.29) is 5.91 Å². The second-order valence-corrected chi connectivity index (χ2v) is 6.25. The van der Waals surface area contributed by atoms with Gasteiger partial charge in [-0.1, -0.05) is 0 Å². The molecule has 0 aromatic carbocycles. The number of rotatable bonds is 4.